The van der Waals surface area contributed by atoms with Crippen molar-refractivity contribution in [2.45, 2.75) is 78.6 Å². The van der Waals surface area contributed by atoms with Gasteiger partial charge in [-0.2, -0.15) is 0 Å². The molecule has 0 unspecified atom stereocenters. The molecule has 0 saturated heterocycles. The third-order valence-electron chi connectivity index (χ3n) is 13.6. The SMILES string of the molecule is CC(C)(C)c1ccc(N(c2ccccc2)c2cc(C(C)(C)C)cc(N(c3ccc(C(C)(C)C)cc3)c3ccc(-c4nc(-c5ccccc5)nc(-c5ccccc5)n4)c4ccccc34)c2-c2ccccc2)cc1. The molecule has 0 aliphatic heterocycles. The minimum atomic E-state index is -0.226. The molecule has 0 fully saturated rings. The number of nitrogens with zero attached hydrogens (tertiary/aromatic N) is 5. The van der Waals surface area contributed by atoms with Gasteiger partial charge in [-0.05, 0) is 105 Å². The van der Waals surface area contributed by atoms with Crippen LogP contribution in [0.5, 0.6) is 0 Å². The van der Waals surface area contributed by atoms with Crippen molar-refractivity contribution in [2.24, 2.45) is 0 Å². The van der Waals surface area contributed by atoms with Crippen molar-refractivity contribution in [1.82, 2.24) is 15.0 Å². The number of anilines is 6. The quantitative estimate of drug-likeness (QED) is 0.137. The average Bonchev–Trinajstić information content (AvgIpc) is 3.39. The highest BCUT2D eigenvalue weighted by atomic mass is 15.2. The Balaban J connectivity index is 1.29. The fraction of sp³-hybridized carbons (Fsp3) is 0.179. The molecule has 0 bridgehead atoms. The zero-order valence-corrected chi connectivity index (χ0v) is 43.0. The third kappa shape index (κ3) is 9.68. The van der Waals surface area contributed by atoms with E-state index in [1.165, 1.54) is 16.7 Å². The van der Waals surface area contributed by atoms with Gasteiger partial charge < -0.3 is 9.80 Å². The molecular weight excluding hydrogens is 875 g/mol. The van der Waals surface area contributed by atoms with Gasteiger partial charge in [-0.3, -0.25) is 0 Å². The van der Waals surface area contributed by atoms with Gasteiger partial charge in [-0.1, -0.05) is 220 Å². The molecule has 0 aliphatic carbocycles. The molecule has 0 atom stereocenters. The van der Waals surface area contributed by atoms with E-state index in [1.54, 1.807) is 0 Å². The molecule has 5 heteroatoms. The van der Waals surface area contributed by atoms with Crippen LogP contribution in [0.1, 0.15) is 79.0 Å². The van der Waals surface area contributed by atoms with Crippen LogP contribution in [0.4, 0.5) is 34.1 Å². The van der Waals surface area contributed by atoms with Gasteiger partial charge in [-0.25, -0.2) is 15.0 Å². The summed E-state index contributed by atoms with van der Waals surface area (Å²) in [6.45, 7) is 20.6. The summed E-state index contributed by atoms with van der Waals surface area (Å²) in [6.07, 6.45) is 0. The molecule has 1 aromatic heterocycles. The van der Waals surface area contributed by atoms with Gasteiger partial charge in [0.15, 0.2) is 17.5 Å². The zero-order valence-electron chi connectivity index (χ0n) is 43.0. The number of rotatable bonds is 10. The first kappa shape index (κ1) is 47.5. The normalized spacial score (nSPS) is 12.0. The highest BCUT2D eigenvalue weighted by molar-refractivity contribution is 6.08. The summed E-state index contributed by atoms with van der Waals surface area (Å²) in [5, 5.41) is 2.10. The van der Waals surface area contributed by atoms with Crippen LogP contribution in [0.2, 0.25) is 0 Å². The van der Waals surface area contributed by atoms with Gasteiger partial charge in [0.25, 0.3) is 0 Å². The van der Waals surface area contributed by atoms with Crippen molar-refractivity contribution in [2.75, 3.05) is 9.80 Å². The fourth-order valence-corrected chi connectivity index (χ4v) is 9.53. The summed E-state index contributed by atoms with van der Waals surface area (Å²) >= 11 is 0. The largest absolute Gasteiger partial charge is 0.310 e. The lowest BCUT2D eigenvalue weighted by Gasteiger charge is -2.36. The highest BCUT2D eigenvalue weighted by Gasteiger charge is 2.30. The molecule has 0 amide bonds. The molecule has 0 radical (unpaired) electrons. The van der Waals surface area contributed by atoms with E-state index in [1.807, 2.05) is 36.4 Å². The Labute approximate surface area is 426 Å². The summed E-state index contributed by atoms with van der Waals surface area (Å²) < 4.78 is 0. The lowest BCUT2D eigenvalue weighted by molar-refractivity contribution is 0.589. The van der Waals surface area contributed by atoms with Crippen LogP contribution >= 0.6 is 0 Å². The first-order valence-electron chi connectivity index (χ1n) is 25.1. The molecule has 10 aromatic rings. The summed E-state index contributed by atoms with van der Waals surface area (Å²) in [4.78, 5) is 20.4. The van der Waals surface area contributed by atoms with Crippen molar-refractivity contribution in [3.63, 3.8) is 0 Å². The monoisotopic (exact) mass is 938 g/mol. The van der Waals surface area contributed by atoms with Crippen LogP contribution < -0.4 is 9.80 Å². The Morgan fingerprint density at radius 3 is 1.14 bits per heavy atom. The highest BCUT2D eigenvalue weighted by Crippen LogP contribution is 2.52. The van der Waals surface area contributed by atoms with Crippen LogP contribution in [0.15, 0.2) is 218 Å². The molecule has 0 N–H and O–H groups in total. The Kier molecular flexibility index (Phi) is 12.7. The van der Waals surface area contributed by atoms with Gasteiger partial charge >= 0.3 is 0 Å². The van der Waals surface area contributed by atoms with Crippen molar-refractivity contribution < 1.29 is 0 Å². The van der Waals surface area contributed by atoms with Crippen molar-refractivity contribution in [1.29, 1.82) is 0 Å². The van der Waals surface area contributed by atoms with Crippen LogP contribution in [-0.2, 0) is 16.2 Å². The van der Waals surface area contributed by atoms with E-state index >= 15 is 0 Å². The zero-order chi connectivity index (χ0) is 50.2. The van der Waals surface area contributed by atoms with Crippen molar-refractivity contribution in [3.8, 4) is 45.3 Å². The molecule has 0 spiro atoms. The van der Waals surface area contributed by atoms with E-state index in [0.717, 1.165) is 72.7 Å². The van der Waals surface area contributed by atoms with Crippen molar-refractivity contribution >= 4 is 44.9 Å². The van der Waals surface area contributed by atoms with E-state index in [4.69, 9.17) is 15.0 Å². The number of hydrogen-bond acceptors (Lipinski definition) is 5. The van der Waals surface area contributed by atoms with E-state index in [2.05, 4.69) is 254 Å². The lowest BCUT2D eigenvalue weighted by Crippen LogP contribution is -2.20. The predicted molar refractivity (Wildman–Crippen MR) is 305 cm³/mol. The Morgan fingerprint density at radius 2 is 0.667 bits per heavy atom. The minimum absolute atomic E-state index is 0.00385. The van der Waals surface area contributed by atoms with Gasteiger partial charge in [-0.15, -0.1) is 0 Å². The van der Waals surface area contributed by atoms with Gasteiger partial charge in [0.1, 0.15) is 0 Å². The van der Waals surface area contributed by atoms with Crippen LogP contribution in [0, 0.1) is 0 Å². The lowest BCUT2D eigenvalue weighted by atomic mass is 9.83. The topological polar surface area (TPSA) is 45.2 Å². The average molecular weight is 938 g/mol. The molecule has 5 nitrogen and oxygen atoms in total. The smallest absolute Gasteiger partial charge is 0.164 e. The first-order valence-corrected chi connectivity index (χ1v) is 25.1. The second kappa shape index (κ2) is 19.2. The first-order chi connectivity index (χ1) is 34.6. The van der Waals surface area contributed by atoms with E-state index in [9.17, 15) is 0 Å². The summed E-state index contributed by atoms with van der Waals surface area (Å²) in [5.74, 6) is 1.87. The Morgan fingerprint density at radius 1 is 0.292 bits per heavy atom. The third-order valence-corrected chi connectivity index (χ3v) is 13.6. The molecule has 356 valence electrons. The predicted octanol–water partition coefficient (Wildman–Crippen LogP) is 18.5. The number of fused-ring (bicyclic) bond motifs is 1. The summed E-state index contributed by atoms with van der Waals surface area (Å²) in [5.41, 5.74) is 14.9. The maximum atomic E-state index is 5.23. The molecule has 9 aromatic carbocycles. The molecule has 0 aliphatic rings. The molecule has 0 saturated carbocycles. The number of para-hydroxylation sites is 1. The van der Waals surface area contributed by atoms with Crippen LogP contribution in [-0.4, -0.2) is 15.0 Å². The maximum Gasteiger partial charge on any atom is 0.164 e. The molecule has 10 rings (SSSR count). The Bertz CT molecular complexity index is 3420. The maximum absolute atomic E-state index is 5.23. The van der Waals surface area contributed by atoms with Gasteiger partial charge in [0.2, 0.25) is 0 Å². The number of benzene rings is 9. The second-order valence-corrected chi connectivity index (χ2v) is 21.8. The van der Waals surface area contributed by atoms with Gasteiger partial charge in [0.05, 0.1) is 17.1 Å². The van der Waals surface area contributed by atoms with Crippen LogP contribution in [0.25, 0.3) is 56.1 Å². The summed E-state index contributed by atoms with van der Waals surface area (Å²) in [7, 11) is 0. The minimum Gasteiger partial charge on any atom is -0.310 e. The van der Waals surface area contributed by atoms with E-state index < -0.39 is 0 Å². The second-order valence-electron chi connectivity index (χ2n) is 21.8. The van der Waals surface area contributed by atoms with E-state index in [0.29, 0.717) is 17.5 Å². The fourth-order valence-electron chi connectivity index (χ4n) is 9.53. The Hall–Kier alpha value is -8.15. The number of aromatic nitrogens is 3. The molecule has 1 heterocycles. The van der Waals surface area contributed by atoms with Crippen molar-refractivity contribution in [3.05, 3.63) is 235 Å². The van der Waals surface area contributed by atoms with E-state index in [-0.39, 0.29) is 16.2 Å². The molecular formula is C67H63N5. The number of hydrogen-bond donors (Lipinski definition) is 0. The van der Waals surface area contributed by atoms with Gasteiger partial charge in [0, 0.05) is 44.7 Å². The standard InChI is InChI=1S/C67H63N5/c1-65(2,3)49-34-38-53(39-35-49)71(52-30-20-13-21-31-52)59-44-51(67(7,8)9)45-60(61(59)46-24-14-10-15-25-46)72(54-40-36-50(37-41-54)66(4,5)6)58-43-42-57(55-32-22-23-33-56(55)58)64-69-62(47-26-16-11-17-27-47)68-63(70-64)48-28-18-12-19-29-48/h10-45H,1-9H3. The van der Waals surface area contributed by atoms with Crippen LogP contribution in [0.3, 0.4) is 0 Å². The summed E-state index contributed by atoms with van der Waals surface area (Å²) in [6, 6.07) is 78.5. The molecule has 72 heavy (non-hydrogen) atoms.